The van der Waals surface area contributed by atoms with Crippen molar-refractivity contribution in [3.8, 4) is 0 Å². The Morgan fingerprint density at radius 2 is 0.982 bits per heavy atom. The first-order chi connectivity index (χ1) is 27.6. The molecule has 0 aromatic carbocycles. The Morgan fingerprint density at radius 3 is 1.46 bits per heavy atom. The molecule has 2 unspecified atom stereocenters. The second-order valence-electron chi connectivity index (χ2n) is 17.0. The van der Waals surface area contributed by atoms with Gasteiger partial charge in [0.2, 0.25) is 0 Å². The fourth-order valence-electron chi connectivity index (χ4n) is 6.91. The van der Waals surface area contributed by atoms with Gasteiger partial charge < -0.3 is 28.6 Å². The highest BCUT2D eigenvalue weighted by Crippen LogP contribution is 2.15. The SMILES string of the molecule is CC/C=C/C/C=C/C/C=C/CCCCCCCCC(=O)OC(COCCC(C(=O)[O-])[N+](C)(C)C)COC(=O)CCCCCCCCCCCCCCCCCCC. The van der Waals surface area contributed by atoms with Crippen molar-refractivity contribution >= 4 is 17.9 Å². The maximum atomic E-state index is 12.7. The van der Waals surface area contributed by atoms with Crippen molar-refractivity contribution in [1.82, 2.24) is 0 Å². The monoisotopic (exact) mass is 804 g/mol. The van der Waals surface area contributed by atoms with Gasteiger partial charge >= 0.3 is 11.9 Å². The molecule has 2 atom stereocenters. The minimum Gasteiger partial charge on any atom is -0.544 e. The van der Waals surface area contributed by atoms with Crippen molar-refractivity contribution in [2.24, 2.45) is 0 Å². The summed E-state index contributed by atoms with van der Waals surface area (Å²) in [6.45, 7) is 4.56. The molecule has 0 aliphatic rings. The molecule has 0 bridgehead atoms. The van der Waals surface area contributed by atoms with Crippen LogP contribution in [0.1, 0.15) is 206 Å². The summed E-state index contributed by atoms with van der Waals surface area (Å²) in [5, 5.41) is 11.6. The molecule has 0 saturated carbocycles. The molecule has 0 heterocycles. The van der Waals surface area contributed by atoms with Crippen molar-refractivity contribution < 1.29 is 38.2 Å². The lowest BCUT2D eigenvalue weighted by atomic mass is 10.0. The van der Waals surface area contributed by atoms with E-state index in [1.54, 1.807) is 21.1 Å². The fraction of sp³-hybridized carbons (Fsp3) is 0.816. The first-order valence-electron chi connectivity index (χ1n) is 23.5. The lowest BCUT2D eigenvalue weighted by Crippen LogP contribution is -2.55. The average Bonchev–Trinajstić information content (AvgIpc) is 3.17. The van der Waals surface area contributed by atoms with E-state index in [4.69, 9.17) is 14.2 Å². The van der Waals surface area contributed by atoms with Gasteiger partial charge in [0.15, 0.2) is 6.10 Å². The summed E-state index contributed by atoms with van der Waals surface area (Å²) in [6, 6.07) is -0.727. The van der Waals surface area contributed by atoms with Crippen LogP contribution in [0.25, 0.3) is 0 Å². The van der Waals surface area contributed by atoms with Gasteiger partial charge in [-0.25, -0.2) is 0 Å². The topological polar surface area (TPSA) is 102 Å². The number of rotatable bonds is 42. The van der Waals surface area contributed by atoms with Gasteiger partial charge in [0.05, 0.1) is 40.3 Å². The zero-order chi connectivity index (χ0) is 42.1. The van der Waals surface area contributed by atoms with Gasteiger partial charge in [-0.05, 0) is 44.9 Å². The minimum absolute atomic E-state index is 0.0378. The van der Waals surface area contributed by atoms with Crippen LogP contribution in [0.2, 0.25) is 0 Å². The average molecular weight is 804 g/mol. The van der Waals surface area contributed by atoms with E-state index in [1.807, 2.05) is 0 Å². The van der Waals surface area contributed by atoms with Gasteiger partial charge in [-0.1, -0.05) is 179 Å². The zero-order valence-electron chi connectivity index (χ0n) is 37.8. The maximum absolute atomic E-state index is 12.7. The Labute approximate surface area is 351 Å². The van der Waals surface area contributed by atoms with E-state index in [9.17, 15) is 19.5 Å². The maximum Gasteiger partial charge on any atom is 0.306 e. The van der Waals surface area contributed by atoms with Crippen LogP contribution in [0.15, 0.2) is 36.5 Å². The Bertz CT molecular complexity index is 1030. The molecule has 332 valence electrons. The number of unbranched alkanes of at least 4 members (excludes halogenated alkanes) is 22. The number of hydrogen-bond acceptors (Lipinski definition) is 7. The zero-order valence-corrected chi connectivity index (χ0v) is 37.8. The Balaban J connectivity index is 4.30. The molecule has 8 nitrogen and oxygen atoms in total. The quantitative estimate of drug-likeness (QED) is 0.0262. The lowest BCUT2D eigenvalue weighted by Gasteiger charge is -2.34. The van der Waals surface area contributed by atoms with Gasteiger partial charge in [0.1, 0.15) is 12.6 Å². The van der Waals surface area contributed by atoms with Gasteiger partial charge in [-0.15, -0.1) is 0 Å². The van der Waals surface area contributed by atoms with Crippen molar-refractivity contribution in [3.63, 3.8) is 0 Å². The van der Waals surface area contributed by atoms with Gasteiger partial charge in [-0.3, -0.25) is 9.59 Å². The predicted octanol–water partition coefficient (Wildman–Crippen LogP) is 11.7. The van der Waals surface area contributed by atoms with E-state index in [1.165, 1.54) is 103 Å². The molecular weight excluding hydrogens is 715 g/mol. The number of carboxylic acids is 1. The van der Waals surface area contributed by atoms with Crippen LogP contribution in [0.4, 0.5) is 0 Å². The summed E-state index contributed by atoms with van der Waals surface area (Å²) in [5.74, 6) is -1.74. The molecule has 0 radical (unpaired) electrons. The third-order valence-corrected chi connectivity index (χ3v) is 10.5. The largest absolute Gasteiger partial charge is 0.544 e. The number of carbonyl (C=O) groups is 3. The molecule has 0 spiro atoms. The van der Waals surface area contributed by atoms with Crippen LogP contribution >= 0.6 is 0 Å². The number of likely N-dealkylation sites (N-methyl/N-ethyl adjacent to an activating group) is 1. The number of allylic oxidation sites excluding steroid dienone is 6. The molecule has 0 saturated heterocycles. The normalized spacial score (nSPS) is 13.2. The Morgan fingerprint density at radius 1 is 0.544 bits per heavy atom. The number of carboxylic acid groups (broad SMARTS) is 1. The van der Waals surface area contributed by atoms with E-state index in [0.29, 0.717) is 12.8 Å². The van der Waals surface area contributed by atoms with E-state index >= 15 is 0 Å². The highest BCUT2D eigenvalue weighted by Gasteiger charge is 2.25. The van der Waals surface area contributed by atoms with Gasteiger partial charge in [0, 0.05) is 19.3 Å². The molecule has 0 aromatic heterocycles. The molecular formula is C49H89NO7. The number of aliphatic carboxylic acids is 1. The van der Waals surface area contributed by atoms with E-state index < -0.39 is 18.1 Å². The van der Waals surface area contributed by atoms with Crippen molar-refractivity contribution in [2.45, 2.75) is 219 Å². The highest BCUT2D eigenvalue weighted by molar-refractivity contribution is 5.70. The smallest absolute Gasteiger partial charge is 0.306 e. The number of ether oxygens (including phenoxy) is 3. The first kappa shape index (κ1) is 54.6. The number of hydrogen-bond donors (Lipinski definition) is 0. The molecule has 0 aliphatic heterocycles. The third-order valence-electron chi connectivity index (χ3n) is 10.5. The van der Waals surface area contributed by atoms with Crippen LogP contribution in [0.5, 0.6) is 0 Å². The van der Waals surface area contributed by atoms with Gasteiger partial charge in [0.25, 0.3) is 0 Å². The highest BCUT2D eigenvalue weighted by atomic mass is 16.6. The molecule has 0 N–H and O–H groups in total. The Hall–Kier alpha value is -2.45. The van der Waals surface area contributed by atoms with Crippen LogP contribution in [-0.4, -0.2) is 75.5 Å². The summed E-state index contributed by atoms with van der Waals surface area (Å²) < 4.78 is 17.2. The third kappa shape index (κ3) is 38.8. The van der Waals surface area contributed by atoms with E-state index in [0.717, 1.165) is 70.6 Å². The van der Waals surface area contributed by atoms with E-state index in [-0.39, 0.29) is 42.7 Å². The second-order valence-corrected chi connectivity index (χ2v) is 17.0. The number of esters is 2. The molecule has 57 heavy (non-hydrogen) atoms. The fourth-order valence-corrected chi connectivity index (χ4v) is 6.91. The molecule has 0 aliphatic carbocycles. The summed E-state index contributed by atoms with van der Waals surface area (Å²) in [5.41, 5.74) is 0. The summed E-state index contributed by atoms with van der Waals surface area (Å²) >= 11 is 0. The standard InChI is InChI=1S/C49H89NO7/c1-6-8-10-12-14-16-18-20-22-24-26-27-29-31-33-35-37-39-47(51)56-44-45(43-55-42-41-46(49(53)54)50(3,4)5)57-48(52)40-38-36-34-32-30-28-25-23-21-19-17-15-13-11-9-7-2/h9,11,15,17,21,23,45-46H,6-8,10,12-14,16,18-20,22,24-44H2,1-5H3/b11-9+,17-15+,23-21+. The lowest BCUT2D eigenvalue weighted by molar-refractivity contribution is -0.889. The summed E-state index contributed by atoms with van der Waals surface area (Å²) in [6.07, 6.45) is 45.9. The minimum atomic E-state index is -1.13. The summed E-state index contributed by atoms with van der Waals surface area (Å²) in [4.78, 5) is 36.9. The number of nitrogens with zero attached hydrogens (tertiary/aromatic N) is 1. The van der Waals surface area contributed by atoms with Crippen LogP contribution in [-0.2, 0) is 28.6 Å². The van der Waals surface area contributed by atoms with Crippen LogP contribution < -0.4 is 5.11 Å². The molecule has 0 amide bonds. The molecule has 8 heteroatoms. The Kier molecular flexibility index (Phi) is 38.6. The van der Waals surface area contributed by atoms with Crippen LogP contribution in [0, 0.1) is 0 Å². The first-order valence-corrected chi connectivity index (χ1v) is 23.5. The van der Waals surface area contributed by atoms with Crippen molar-refractivity contribution in [2.75, 3.05) is 41.0 Å². The van der Waals surface area contributed by atoms with E-state index in [2.05, 4.69) is 50.3 Å². The molecule has 0 rings (SSSR count). The van der Waals surface area contributed by atoms with Crippen molar-refractivity contribution in [1.29, 1.82) is 0 Å². The van der Waals surface area contributed by atoms with Crippen molar-refractivity contribution in [3.05, 3.63) is 36.5 Å². The molecule has 0 aromatic rings. The summed E-state index contributed by atoms with van der Waals surface area (Å²) in [7, 11) is 5.41. The van der Waals surface area contributed by atoms with Gasteiger partial charge in [-0.2, -0.15) is 0 Å². The number of quaternary nitrogens is 1. The predicted molar refractivity (Wildman–Crippen MR) is 236 cm³/mol. The second kappa shape index (κ2) is 40.3. The van der Waals surface area contributed by atoms with Crippen LogP contribution in [0.3, 0.4) is 0 Å². The number of carbonyl (C=O) groups excluding carboxylic acids is 3. The molecule has 0 fully saturated rings.